The molecule has 2 amide bonds. The SMILES string of the molecule is CCOC(=O)Oc1ccc(C(=O)Nc2ccc(NC(=O)c3ccccc3C(F)(F)F)cc2)cc1. The molecule has 0 fully saturated rings. The molecule has 0 heterocycles. The zero-order valence-corrected chi connectivity index (χ0v) is 17.8. The van der Waals surface area contributed by atoms with E-state index in [9.17, 15) is 27.6 Å². The van der Waals surface area contributed by atoms with E-state index in [1.807, 2.05) is 0 Å². The van der Waals surface area contributed by atoms with Gasteiger partial charge in [-0.15, -0.1) is 0 Å². The Bertz CT molecular complexity index is 1180. The Labute approximate surface area is 192 Å². The average molecular weight is 472 g/mol. The fourth-order valence-electron chi connectivity index (χ4n) is 2.88. The summed E-state index contributed by atoms with van der Waals surface area (Å²) in [7, 11) is 0. The summed E-state index contributed by atoms with van der Waals surface area (Å²) < 4.78 is 49.0. The number of ether oxygens (including phenoxy) is 2. The molecule has 7 nitrogen and oxygen atoms in total. The quantitative estimate of drug-likeness (QED) is 0.352. The Morgan fingerprint density at radius 2 is 1.35 bits per heavy atom. The molecule has 176 valence electrons. The van der Waals surface area contributed by atoms with Crippen LogP contribution in [0.25, 0.3) is 0 Å². The standard InChI is InChI=1S/C24H19F3N2O5/c1-2-33-23(32)34-18-13-7-15(8-14-18)21(30)28-16-9-11-17(12-10-16)29-22(31)19-5-3-4-6-20(19)24(25,26)27/h3-14H,2H2,1H3,(H,28,30)(H,29,31). The Balaban J connectivity index is 1.61. The summed E-state index contributed by atoms with van der Waals surface area (Å²) in [5.41, 5.74) is -0.596. The molecular formula is C24H19F3N2O5. The highest BCUT2D eigenvalue weighted by Crippen LogP contribution is 2.32. The van der Waals surface area contributed by atoms with Crippen molar-refractivity contribution >= 4 is 29.3 Å². The normalized spacial score (nSPS) is 10.8. The molecule has 34 heavy (non-hydrogen) atoms. The van der Waals surface area contributed by atoms with Crippen LogP contribution in [-0.4, -0.2) is 24.6 Å². The van der Waals surface area contributed by atoms with Gasteiger partial charge in [0.2, 0.25) is 0 Å². The average Bonchev–Trinajstić information content (AvgIpc) is 2.80. The van der Waals surface area contributed by atoms with E-state index in [1.165, 1.54) is 60.7 Å². The molecule has 2 N–H and O–H groups in total. The van der Waals surface area contributed by atoms with Crippen LogP contribution in [0.4, 0.5) is 29.3 Å². The molecule has 0 aromatic heterocycles. The lowest BCUT2D eigenvalue weighted by Crippen LogP contribution is -2.18. The van der Waals surface area contributed by atoms with Gasteiger partial charge in [0.25, 0.3) is 11.8 Å². The molecule has 0 radical (unpaired) electrons. The molecule has 0 aliphatic heterocycles. The maximum Gasteiger partial charge on any atom is 0.513 e. The highest BCUT2D eigenvalue weighted by molar-refractivity contribution is 6.06. The van der Waals surface area contributed by atoms with Crippen molar-refractivity contribution in [3.05, 3.63) is 89.5 Å². The molecular weight excluding hydrogens is 453 g/mol. The molecule has 10 heteroatoms. The molecule has 3 rings (SSSR count). The van der Waals surface area contributed by atoms with Gasteiger partial charge in [-0.25, -0.2) is 4.79 Å². The van der Waals surface area contributed by atoms with E-state index in [0.717, 1.165) is 12.1 Å². The zero-order valence-electron chi connectivity index (χ0n) is 17.8. The Morgan fingerprint density at radius 3 is 1.91 bits per heavy atom. The number of nitrogens with one attached hydrogen (secondary N) is 2. The lowest BCUT2D eigenvalue weighted by molar-refractivity contribution is -0.137. The van der Waals surface area contributed by atoms with Crippen LogP contribution in [0.15, 0.2) is 72.8 Å². The van der Waals surface area contributed by atoms with Crippen molar-refractivity contribution in [3.8, 4) is 5.75 Å². The summed E-state index contributed by atoms with van der Waals surface area (Å²) in [6.07, 6.45) is -5.51. The minimum Gasteiger partial charge on any atom is -0.434 e. The first kappa shape index (κ1) is 24.3. The smallest absolute Gasteiger partial charge is 0.434 e. The van der Waals surface area contributed by atoms with Gasteiger partial charge >= 0.3 is 12.3 Å². The van der Waals surface area contributed by atoms with E-state index in [0.29, 0.717) is 5.69 Å². The molecule has 0 aliphatic carbocycles. The first-order valence-electron chi connectivity index (χ1n) is 10.0. The number of benzene rings is 3. The maximum atomic E-state index is 13.1. The van der Waals surface area contributed by atoms with Gasteiger partial charge in [0.1, 0.15) is 5.75 Å². The maximum absolute atomic E-state index is 13.1. The third kappa shape index (κ3) is 6.35. The highest BCUT2D eigenvalue weighted by Gasteiger charge is 2.34. The monoisotopic (exact) mass is 472 g/mol. The first-order valence-corrected chi connectivity index (χ1v) is 10.0. The van der Waals surface area contributed by atoms with Crippen molar-refractivity contribution < 1.29 is 37.0 Å². The molecule has 0 aliphatic rings. The van der Waals surface area contributed by atoms with E-state index in [4.69, 9.17) is 4.74 Å². The Kier molecular flexibility index (Phi) is 7.52. The van der Waals surface area contributed by atoms with Crippen molar-refractivity contribution in [2.75, 3.05) is 17.2 Å². The number of halogens is 3. The second-order valence-corrected chi connectivity index (χ2v) is 6.84. The van der Waals surface area contributed by atoms with Gasteiger partial charge in [-0.1, -0.05) is 12.1 Å². The van der Waals surface area contributed by atoms with Crippen molar-refractivity contribution in [3.63, 3.8) is 0 Å². The minimum absolute atomic E-state index is 0.169. The molecule has 0 spiro atoms. The lowest BCUT2D eigenvalue weighted by atomic mass is 10.1. The van der Waals surface area contributed by atoms with Crippen LogP contribution >= 0.6 is 0 Å². The second-order valence-electron chi connectivity index (χ2n) is 6.84. The molecule has 0 unspecified atom stereocenters. The van der Waals surface area contributed by atoms with Gasteiger partial charge in [0.05, 0.1) is 17.7 Å². The number of alkyl halides is 3. The summed E-state index contributed by atoms with van der Waals surface area (Å²) in [6, 6.07) is 16.1. The molecule has 3 aromatic carbocycles. The largest absolute Gasteiger partial charge is 0.513 e. The van der Waals surface area contributed by atoms with Gasteiger partial charge in [-0.05, 0) is 67.6 Å². The third-order valence-corrected chi connectivity index (χ3v) is 4.46. The summed E-state index contributed by atoms with van der Waals surface area (Å²) in [5.74, 6) is -1.14. The number of rotatable bonds is 6. The first-order chi connectivity index (χ1) is 16.2. The van der Waals surface area contributed by atoms with Gasteiger partial charge in [0, 0.05) is 16.9 Å². The summed E-state index contributed by atoms with van der Waals surface area (Å²) in [5, 5.41) is 5.06. The van der Waals surface area contributed by atoms with E-state index in [2.05, 4.69) is 15.4 Å². The van der Waals surface area contributed by atoms with Crippen molar-refractivity contribution in [1.82, 2.24) is 0 Å². The van der Waals surface area contributed by atoms with Gasteiger partial charge in [0.15, 0.2) is 0 Å². The summed E-state index contributed by atoms with van der Waals surface area (Å²) >= 11 is 0. The molecule has 3 aromatic rings. The molecule has 0 saturated heterocycles. The van der Waals surface area contributed by atoms with Crippen LogP contribution in [0.2, 0.25) is 0 Å². The number of carbonyl (C=O) groups excluding carboxylic acids is 3. The Morgan fingerprint density at radius 1 is 0.794 bits per heavy atom. The number of hydrogen-bond donors (Lipinski definition) is 2. The van der Waals surface area contributed by atoms with Gasteiger partial charge < -0.3 is 20.1 Å². The summed E-state index contributed by atoms with van der Waals surface area (Å²) in [4.78, 5) is 36.1. The molecule has 0 atom stereocenters. The van der Waals surface area contributed by atoms with E-state index in [-0.39, 0.29) is 23.6 Å². The van der Waals surface area contributed by atoms with E-state index < -0.39 is 35.3 Å². The van der Waals surface area contributed by atoms with Gasteiger partial charge in [-0.3, -0.25) is 9.59 Å². The van der Waals surface area contributed by atoms with Crippen LogP contribution in [0.5, 0.6) is 5.75 Å². The van der Waals surface area contributed by atoms with E-state index >= 15 is 0 Å². The highest BCUT2D eigenvalue weighted by atomic mass is 19.4. The fraction of sp³-hybridized carbons (Fsp3) is 0.125. The second kappa shape index (κ2) is 10.5. The van der Waals surface area contributed by atoms with Crippen LogP contribution < -0.4 is 15.4 Å². The van der Waals surface area contributed by atoms with Crippen LogP contribution in [0.3, 0.4) is 0 Å². The van der Waals surface area contributed by atoms with Crippen molar-refractivity contribution in [1.29, 1.82) is 0 Å². The number of anilines is 2. The number of carbonyl (C=O) groups is 3. The van der Waals surface area contributed by atoms with Crippen LogP contribution in [0.1, 0.15) is 33.2 Å². The predicted octanol–water partition coefficient (Wildman–Crippen LogP) is 5.75. The number of amides is 2. The minimum atomic E-state index is -4.66. The third-order valence-electron chi connectivity index (χ3n) is 4.46. The predicted molar refractivity (Wildman–Crippen MR) is 118 cm³/mol. The molecule has 0 bridgehead atoms. The van der Waals surface area contributed by atoms with E-state index in [1.54, 1.807) is 6.92 Å². The van der Waals surface area contributed by atoms with Crippen molar-refractivity contribution in [2.24, 2.45) is 0 Å². The lowest BCUT2D eigenvalue weighted by Gasteiger charge is -2.13. The van der Waals surface area contributed by atoms with Crippen LogP contribution in [0, 0.1) is 0 Å². The van der Waals surface area contributed by atoms with Crippen molar-refractivity contribution in [2.45, 2.75) is 13.1 Å². The fourth-order valence-corrected chi connectivity index (χ4v) is 2.88. The molecule has 0 saturated carbocycles. The topological polar surface area (TPSA) is 93.7 Å². The zero-order chi connectivity index (χ0) is 24.7. The number of hydrogen-bond acceptors (Lipinski definition) is 5. The van der Waals surface area contributed by atoms with Crippen LogP contribution in [-0.2, 0) is 10.9 Å². The Hall–Kier alpha value is -4.34. The summed E-state index contributed by atoms with van der Waals surface area (Å²) in [6.45, 7) is 1.81. The van der Waals surface area contributed by atoms with Gasteiger partial charge in [-0.2, -0.15) is 13.2 Å².